The molecule has 0 saturated carbocycles. The van der Waals surface area contributed by atoms with Crippen LogP contribution in [0.4, 0.5) is 18.9 Å². The van der Waals surface area contributed by atoms with Crippen LogP contribution in [0.5, 0.6) is 5.75 Å². The average molecular weight is 592 g/mol. The fourth-order valence-corrected chi connectivity index (χ4v) is 5.95. The van der Waals surface area contributed by atoms with E-state index < -0.39 is 17.7 Å². The SMILES string of the molecule is Cc1ccc(OCc2cc(C3C(C#N)=C(N)N(c4ccc(Cl)cc4C(F)(F)F)C4=C3C(=O)CCC4)c(C)cc2C)cc1. The molecule has 5 nitrogen and oxygen atoms in total. The third-order valence-electron chi connectivity index (χ3n) is 7.87. The molecule has 1 atom stereocenters. The number of nitrogens with zero attached hydrogens (tertiary/aromatic N) is 2. The largest absolute Gasteiger partial charge is 0.489 e. The van der Waals surface area contributed by atoms with Crippen molar-refractivity contribution in [2.24, 2.45) is 5.73 Å². The molecule has 0 fully saturated rings. The Morgan fingerprint density at radius 2 is 1.76 bits per heavy atom. The molecule has 0 aromatic heterocycles. The molecular formula is C33H29ClF3N3O2. The summed E-state index contributed by atoms with van der Waals surface area (Å²) >= 11 is 5.94. The number of hydrogen-bond donors (Lipinski definition) is 1. The Hall–Kier alpha value is -4.22. The van der Waals surface area contributed by atoms with Crippen molar-refractivity contribution in [3.05, 3.63) is 116 Å². The molecule has 9 heteroatoms. The van der Waals surface area contributed by atoms with Gasteiger partial charge in [0.25, 0.3) is 0 Å². The number of alkyl halides is 3. The predicted octanol–water partition coefficient (Wildman–Crippen LogP) is 8.17. The van der Waals surface area contributed by atoms with Crippen molar-refractivity contribution in [3.63, 3.8) is 0 Å². The Morgan fingerprint density at radius 3 is 2.43 bits per heavy atom. The molecule has 0 saturated heterocycles. The van der Waals surface area contributed by atoms with Crippen molar-refractivity contribution in [1.82, 2.24) is 0 Å². The maximum atomic E-state index is 14.2. The summed E-state index contributed by atoms with van der Waals surface area (Å²) in [5.74, 6) is -0.477. The number of rotatable bonds is 5. The van der Waals surface area contributed by atoms with E-state index in [2.05, 4.69) is 6.07 Å². The maximum absolute atomic E-state index is 14.2. The normalized spacial score (nSPS) is 17.3. The van der Waals surface area contributed by atoms with E-state index in [4.69, 9.17) is 22.1 Å². The van der Waals surface area contributed by atoms with Gasteiger partial charge in [-0.25, -0.2) is 0 Å². The molecule has 3 aromatic rings. The number of benzene rings is 3. The second kappa shape index (κ2) is 11.2. The van der Waals surface area contributed by atoms with Crippen LogP contribution in [0.15, 0.2) is 77.3 Å². The van der Waals surface area contributed by atoms with Gasteiger partial charge in [-0.3, -0.25) is 9.69 Å². The van der Waals surface area contributed by atoms with E-state index in [1.807, 2.05) is 57.2 Å². The van der Waals surface area contributed by atoms with Crippen LogP contribution in [0.3, 0.4) is 0 Å². The number of carbonyl (C=O) groups excluding carboxylic acids is 1. The summed E-state index contributed by atoms with van der Waals surface area (Å²) in [7, 11) is 0. The van der Waals surface area contributed by atoms with Gasteiger partial charge in [-0.2, -0.15) is 18.4 Å². The molecule has 1 aliphatic carbocycles. The van der Waals surface area contributed by atoms with E-state index in [1.54, 1.807) is 0 Å². The first kappa shape index (κ1) is 29.3. The van der Waals surface area contributed by atoms with Crippen LogP contribution in [0.1, 0.15) is 58.6 Å². The van der Waals surface area contributed by atoms with Gasteiger partial charge in [0.05, 0.1) is 28.8 Å². The minimum Gasteiger partial charge on any atom is -0.489 e. The van der Waals surface area contributed by atoms with Crippen LogP contribution in [-0.4, -0.2) is 5.78 Å². The topological polar surface area (TPSA) is 79.3 Å². The van der Waals surface area contributed by atoms with Gasteiger partial charge in [0.2, 0.25) is 0 Å². The van der Waals surface area contributed by atoms with E-state index in [9.17, 15) is 23.2 Å². The van der Waals surface area contributed by atoms with E-state index in [0.29, 0.717) is 35.4 Å². The number of halogens is 4. The quantitative estimate of drug-likeness (QED) is 0.324. The molecule has 42 heavy (non-hydrogen) atoms. The standard InChI is InChI=1S/C33H29ClF3N3O2/c1-18-7-10-23(11-8-18)42-17-21-14-24(20(3)13-19(21)2)30-25(16-38)32(39)40(28-5-4-6-29(41)31(28)30)27-12-9-22(34)15-26(27)33(35,36)37/h7-15,30H,4-6,17,39H2,1-3H3. The first-order valence-corrected chi connectivity index (χ1v) is 13.9. The second-order valence-corrected chi connectivity index (χ2v) is 11.1. The number of ether oxygens (including phenoxy) is 1. The monoisotopic (exact) mass is 591 g/mol. The van der Waals surface area contributed by atoms with Crippen LogP contribution >= 0.6 is 11.6 Å². The fraction of sp³-hybridized carbons (Fsp3) is 0.273. The highest BCUT2D eigenvalue weighted by atomic mass is 35.5. The number of ketones is 1. The molecule has 0 radical (unpaired) electrons. The number of carbonyl (C=O) groups is 1. The number of aryl methyl sites for hydroxylation is 3. The smallest absolute Gasteiger partial charge is 0.418 e. The minimum atomic E-state index is -4.75. The van der Waals surface area contributed by atoms with Crippen molar-refractivity contribution >= 4 is 23.1 Å². The van der Waals surface area contributed by atoms with Gasteiger partial charge < -0.3 is 10.5 Å². The zero-order valence-electron chi connectivity index (χ0n) is 23.4. The highest BCUT2D eigenvalue weighted by Crippen LogP contribution is 2.49. The Kier molecular flexibility index (Phi) is 7.82. The van der Waals surface area contributed by atoms with Crippen LogP contribution in [0.2, 0.25) is 5.02 Å². The Bertz CT molecular complexity index is 1680. The average Bonchev–Trinajstić information content (AvgIpc) is 2.93. The summed E-state index contributed by atoms with van der Waals surface area (Å²) < 4.78 is 48.6. The molecule has 216 valence electrons. The van der Waals surface area contributed by atoms with Gasteiger partial charge in [0, 0.05) is 22.7 Å². The first-order valence-electron chi connectivity index (χ1n) is 13.5. The number of Topliss-reactive ketones (excluding diaryl/α,β-unsaturated/α-hetero) is 1. The summed E-state index contributed by atoms with van der Waals surface area (Å²) in [5, 5.41) is 10.3. The van der Waals surface area contributed by atoms with Gasteiger partial charge >= 0.3 is 6.18 Å². The van der Waals surface area contributed by atoms with Crippen LogP contribution in [-0.2, 0) is 17.6 Å². The van der Waals surface area contributed by atoms with Gasteiger partial charge in [0.1, 0.15) is 18.2 Å². The third-order valence-corrected chi connectivity index (χ3v) is 8.10. The molecule has 1 aliphatic heterocycles. The number of nitriles is 1. The van der Waals surface area contributed by atoms with Crippen LogP contribution < -0.4 is 15.4 Å². The van der Waals surface area contributed by atoms with Crippen LogP contribution in [0, 0.1) is 32.1 Å². The third kappa shape index (κ3) is 5.37. The molecule has 0 amide bonds. The molecular weight excluding hydrogens is 563 g/mol. The lowest BCUT2D eigenvalue weighted by atomic mass is 9.74. The maximum Gasteiger partial charge on any atom is 0.418 e. The Morgan fingerprint density at radius 1 is 1.05 bits per heavy atom. The number of hydrogen-bond acceptors (Lipinski definition) is 5. The van der Waals surface area contributed by atoms with Crippen molar-refractivity contribution < 1.29 is 22.7 Å². The fourth-order valence-electron chi connectivity index (χ4n) is 5.78. The zero-order valence-corrected chi connectivity index (χ0v) is 24.2. The van der Waals surface area contributed by atoms with E-state index in [0.717, 1.165) is 28.3 Å². The Labute approximate surface area is 247 Å². The van der Waals surface area contributed by atoms with Crippen LogP contribution in [0.25, 0.3) is 0 Å². The summed E-state index contributed by atoms with van der Waals surface area (Å²) in [6.07, 6.45) is -3.75. The van der Waals surface area contributed by atoms with E-state index >= 15 is 0 Å². The molecule has 1 heterocycles. The first-order chi connectivity index (χ1) is 19.9. The lowest BCUT2D eigenvalue weighted by molar-refractivity contribution is -0.137. The lowest BCUT2D eigenvalue weighted by Gasteiger charge is -2.40. The van der Waals surface area contributed by atoms with Gasteiger partial charge in [-0.05, 0) is 86.2 Å². The highest BCUT2D eigenvalue weighted by molar-refractivity contribution is 6.30. The van der Waals surface area contributed by atoms with Crippen molar-refractivity contribution in [3.8, 4) is 11.8 Å². The molecule has 0 bridgehead atoms. The molecule has 0 spiro atoms. The molecule has 1 unspecified atom stereocenters. The number of allylic oxidation sites excluding steroid dienone is 3. The molecule has 2 aliphatic rings. The van der Waals surface area contributed by atoms with Crippen molar-refractivity contribution in [2.45, 2.75) is 58.7 Å². The predicted molar refractivity (Wildman–Crippen MR) is 156 cm³/mol. The van der Waals surface area contributed by atoms with E-state index in [-0.39, 0.29) is 40.9 Å². The van der Waals surface area contributed by atoms with Crippen molar-refractivity contribution in [2.75, 3.05) is 4.90 Å². The minimum absolute atomic E-state index is 0.0180. The summed E-state index contributed by atoms with van der Waals surface area (Å²) in [6, 6.07) is 17.1. The summed E-state index contributed by atoms with van der Waals surface area (Å²) in [5.41, 5.74) is 10.5. The van der Waals surface area contributed by atoms with Crippen molar-refractivity contribution in [1.29, 1.82) is 5.26 Å². The molecule has 3 aromatic carbocycles. The van der Waals surface area contributed by atoms with E-state index in [1.165, 1.54) is 17.0 Å². The number of nitrogens with two attached hydrogens (primary N) is 1. The molecule has 2 N–H and O–H groups in total. The summed E-state index contributed by atoms with van der Waals surface area (Å²) in [6.45, 7) is 6.09. The second-order valence-electron chi connectivity index (χ2n) is 10.7. The van der Waals surface area contributed by atoms with Gasteiger partial charge in [-0.15, -0.1) is 0 Å². The zero-order chi connectivity index (χ0) is 30.3. The van der Waals surface area contributed by atoms with Gasteiger partial charge in [0.15, 0.2) is 5.78 Å². The number of anilines is 1. The highest BCUT2D eigenvalue weighted by Gasteiger charge is 2.43. The lowest BCUT2D eigenvalue weighted by Crippen LogP contribution is -2.39. The van der Waals surface area contributed by atoms with Gasteiger partial charge in [-0.1, -0.05) is 41.4 Å². The Balaban J connectivity index is 1.66. The molecule has 5 rings (SSSR count). The summed E-state index contributed by atoms with van der Waals surface area (Å²) in [4.78, 5) is 14.8.